The van der Waals surface area contributed by atoms with Crippen LogP contribution >= 0.6 is 0 Å². The first kappa shape index (κ1) is 36.3. The third-order valence-electron chi connectivity index (χ3n) is 8.04. The molecule has 1 heterocycles. The highest BCUT2D eigenvalue weighted by atomic mass is 16.7. The van der Waals surface area contributed by atoms with Gasteiger partial charge < -0.3 is 14.6 Å². The van der Waals surface area contributed by atoms with Crippen molar-refractivity contribution >= 4 is 0 Å². The zero-order chi connectivity index (χ0) is 28.1. The standard InChI is InChI=1S/C35H67NO3/c1-3-5-7-9-11-13-14-15-16-17-18-19-20-22-24-26-31-39-35(32-36-29-27-28-34(36)33-37)38-30-25-23-21-12-10-8-6-4-2/h11,13,15-16,34-35,37H,3-10,12,14,17-33H2,1-2H3/b13-11-,16-15-/t34-,35?/m0/s1. The number of nitrogens with zero attached hydrogens (tertiary/aromatic N) is 1. The number of allylic oxidation sites excluding steroid dienone is 4. The van der Waals surface area contributed by atoms with Gasteiger partial charge in [-0.25, -0.2) is 0 Å². The summed E-state index contributed by atoms with van der Waals surface area (Å²) in [6.07, 6.45) is 37.2. The summed E-state index contributed by atoms with van der Waals surface area (Å²) in [5.41, 5.74) is 0. The average Bonchev–Trinajstić information content (AvgIpc) is 3.40. The summed E-state index contributed by atoms with van der Waals surface area (Å²) in [6.45, 7) is 8.21. The van der Waals surface area contributed by atoms with Gasteiger partial charge in [0.1, 0.15) is 0 Å². The van der Waals surface area contributed by atoms with Crippen LogP contribution in [0.3, 0.4) is 0 Å². The first-order chi connectivity index (χ1) is 19.3. The van der Waals surface area contributed by atoms with Crippen molar-refractivity contribution in [3.63, 3.8) is 0 Å². The van der Waals surface area contributed by atoms with Gasteiger partial charge in [0.15, 0.2) is 6.29 Å². The smallest absolute Gasteiger partial charge is 0.170 e. The minimum Gasteiger partial charge on any atom is -0.395 e. The molecule has 4 heteroatoms. The Labute approximate surface area is 244 Å². The number of aliphatic hydroxyl groups excluding tert-OH is 1. The molecule has 0 bridgehead atoms. The van der Waals surface area contributed by atoms with E-state index in [4.69, 9.17) is 9.47 Å². The zero-order valence-electron chi connectivity index (χ0n) is 26.3. The second kappa shape index (κ2) is 28.8. The van der Waals surface area contributed by atoms with Gasteiger partial charge in [-0.15, -0.1) is 0 Å². The summed E-state index contributed by atoms with van der Waals surface area (Å²) < 4.78 is 12.4. The Kier molecular flexibility index (Phi) is 26.9. The predicted octanol–water partition coefficient (Wildman–Crippen LogP) is 9.76. The van der Waals surface area contributed by atoms with E-state index in [1.165, 1.54) is 116 Å². The lowest BCUT2D eigenvalue weighted by molar-refractivity contribution is -0.156. The van der Waals surface area contributed by atoms with E-state index < -0.39 is 0 Å². The number of aliphatic hydroxyl groups is 1. The molecule has 0 amide bonds. The summed E-state index contributed by atoms with van der Waals surface area (Å²) in [4.78, 5) is 2.37. The van der Waals surface area contributed by atoms with Gasteiger partial charge in [0.05, 0.1) is 6.61 Å². The van der Waals surface area contributed by atoms with Crippen LogP contribution in [0.15, 0.2) is 24.3 Å². The Bertz CT molecular complexity index is 550. The second-order valence-corrected chi connectivity index (χ2v) is 11.7. The van der Waals surface area contributed by atoms with Crippen molar-refractivity contribution in [2.24, 2.45) is 0 Å². The van der Waals surface area contributed by atoms with Crippen LogP contribution in [0.2, 0.25) is 0 Å². The van der Waals surface area contributed by atoms with E-state index in [-0.39, 0.29) is 18.9 Å². The number of ether oxygens (including phenoxy) is 2. The molecule has 2 atom stereocenters. The maximum absolute atomic E-state index is 9.70. The van der Waals surface area contributed by atoms with Crippen LogP contribution in [0.4, 0.5) is 0 Å². The lowest BCUT2D eigenvalue weighted by Crippen LogP contribution is -2.40. The fourth-order valence-corrected chi connectivity index (χ4v) is 5.44. The molecule has 230 valence electrons. The summed E-state index contributed by atoms with van der Waals surface area (Å²) in [5, 5.41) is 9.70. The van der Waals surface area contributed by atoms with Gasteiger partial charge in [-0.2, -0.15) is 0 Å². The van der Waals surface area contributed by atoms with Crippen molar-refractivity contribution in [1.82, 2.24) is 4.90 Å². The molecule has 0 aliphatic carbocycles. The molecule has 0 saturated carbocycles. The van der Waals surface area contributed by atoms with Crippen molar-refractivity contribution in [1.29, 1.82) is 0 Å². The molecule has 1 aliphatic rings. The Balaban J connectivity index is 2.08. The fraction of sp³-hybridized carbons (Fsp3) is 0.886. The summed E-state index contributed by atoms with van der Waals surface area (Å²) in [6, 6.07) is 0.282. The van der Waals surface area contributed by atoms with Crippen LogP contribution in [0.25, 0.3) is 0 Å². The van der Waals surface area contributed by atoms with E-state index in [9.17, 15) is 5.11 Å². The van der Waals surface area contributed by atoms with Crippen LogP contribution in [-0.2, 0) is 9.47 Å². The van der Waals surface area contributed by atoms with Gasteiger partial charge in [0.2, 0.25) is 0 Å². The number of rotatable bonds is 29. The van der Waals surface area contributed by atoms with Crippen LogP contribution < -0.4 is 0 Å². The van der Waals surface area contributed by atoms with Gasteiger partial charge in [-0.05, 0) is 64.3 Å². The van der Waals surface area contributed by atoms with Gasteiger partial charge in [-0.3, -0.25) is 4.90 Å². The maximum atomic E-state index is 9.70. The SMILES string of the molecule is CCCCC/C=C\C/C=C\CCCCCCCCOC(CN1CCC[C@H]1CO)OCCCCCCCCCC. The quantitative estimate of drug-likeness (QED) is 0.0573. The first-order valence-corrected chi connectivity index (χ1v) is 17.2. The molecule has 0 radical (unpaired) electrons. The third kappa shape index (κ3) is 22.7. The van der Waals surface area contributed by atoms with E-state index in [0.717, 1.165) is 52.0 Å². The molecule has 1 aliphatic heterocycles. The highest BCUT2D eigenvalue weighted by Crippen LogP contribution is 2.18. The summed E-state index contributed by atoms with van der Waals surface area (Å²) >= 11 is 0. The Hall–Kier alpha value is -0.680. The predicted molar refractivity (Wildman–Crippen MR) is 169 cm³/mol. The molecule has 0 spiro atoms. The molecular formula is C35H67NO3. The zero-order valence-corrected chi connectivity index (χ0v) is 26.3. The molecular weight excluding hydrogens is 482 g/mol. The normalized spacial score (nSPS) is 17.3. The number of hydrogen-bond donors (Lipinski definition) is 1. The van der Waals surface area contributed by atoms with E-state index in [2.05, 4.69) is 43.1 Å². The molecule has 0 aromatic heterocycles. The Morgan fingerprint density at radius 3 is 1.72 bits per heavy atom. The number of likely N-dealkylation sites (tertiary alicyclic amines) is 1. The summed E-state index contributed by atoms with van der Waals surface area (Å²) in [7, 11) is 0. The Morgan fingerprint density at radius 2 is 1.15 bits per heavy atom. The van der Waals surface area contributed by atoms with Gasteiger partial charge in [0, 0.05) is 25.8 Å². The topological polar surface area (TPSA) is 41.9 Å². The molecule has 1 N–H and O–H groups in total. The number of unbranched alkanes of at least 4 members (excludes halogenated alkanes) is 16. The van der Waals surface area contributed by atoms with E-state index >= 15 is 0 Å². The molecule has 1 saturated heterocycles. The van der Waals surface area contributed by atoms with Crippen molar-refractivity contribution in [3.8, 4) is 0 Å². The monoisotopic (exact) mass is 550 g/mol. The fourth-order valence-electron chi connectivity index (χ4n) is 5.44. The highest BCUT2D eigenvalue weighted by Gasteiger charge is 2.26. The average molecular weight is 550 g/mol. The molecule has 39 heavy (non-hydrogen) atoms. The van der Waals surface area contributed by atoms with E-state index in [0.29, 0.717) is 0 Å². The van der Waals surface area contributed by atoms with Gasteiger partial charge >= 0.3 is 0 Å². The lowest BCUT2D eigenvalue weighted by atomic mass is 10.1. The molecule has 0 aromatic carbocycles. The summed E-state index contributed by atoms with van der Waals surface area (Å²) in [5.74, 6) is 0. The maximum Gasteiger partial charge on any atom is 0.170 e. The van der Waals surface area contributed by atoms with E-state index in [1.807, 2.05) is 0 Å². The van der Waals surface area contributed by atoms with Crippen molar-refractivity contribution < 1.29 is 14.6 Å². The molecule has 0 aromatic rings. The largest absolute Gasteiger partial charge is 0.395 e. The second-order valence-electron chi connectivity index (χ2n) is 11.7. The third-order valence-corrected chi connectivity index (χ3v) is 8.04. The molecule has 4 nitrogen and oxygen atoms in total. The van der Waals surface area contributed by atoms with Crippen LogP contribution in [0.1, 0.15) is 155 Å². The first-order valence-electron chi connectivity index (χ1n) is 17.2. The minimum atomic E-state index is -0.153. The van der Waals surface area contributed by atoms with Gasteiger partial charge in [-0.1, -0.05) is 122 Å². The van der Waals surface area contributed by atoms with Crippen molar-refractivity contribution in [3.05, 3.63) is 24.3 Å². The molecule has 1 fully saturated rings. The van der Waals surface area contributed by atoms with Crippen LogP contribution in [0.5, 0.6) is 0 Å². The van der Waals surface area contributed by atoms with Crippen LogP contribution in [0, 0.1) is 0 Å². The van der Waals surface area contributed by atoms with Crippen molar-refractivity contribution in [2.45, 2.75) is 167 Å². The minimum absolute atomic E-state index is 0.153. The molecule has 1 unspecified atom stereocenters. The van der Waals surface area contributed by atoms with E-state index in [1.54, 1.807) is 0 Å². The Morgan fingerprint density at radius 1 is 0.667 bits per heavy atom. The highest BCUT2D eigenvalue weighted by molar-refractivity contribution is 4.92. The van der Waals surface area contributed by atoms with Crippen molar-refractivity contribution in [2.75, 3.05) is 32.9 Å². The van der Waals surface area contributed by atoms with Gasteiger partial charge in [0.25, 0.3) is 0 Å². The lowest BCUT2D eigenvalue weighted by Gasteiger charge is -2.28. The molecule has 1 rings (SSSR count). The number of hydrogen-bond acceptors (Lipinski definition) is 4. The van der Waals surface area contributed by atoms with Crippen LogP contribution in [-0.4, -0.2) is 55.2 Å².